The molecular formula is C70H125N3O9. The van der Waals surface area contributed by atoms with Gasteiger partial charge in [0.25, 0.3) is 0 Å². The fraction of sp³-hybridized carbons (Fsp3) is 0.843. The molecule has 1 amide bonds. The highest BCUT2D eigenvalue weighted by Gasteiger charge is 2.58. The molecule has 12 heteroatoms. The molecule has 12 nitrogen and oxygen atoms in total. The number of hydrogen-bond donors (Lipinski definition) is 1. The Labute approximate surface area is 502 Å². The van der Waals surface area contributed by atoms with Crippen molar-refractivity contribution >= 4 is 29.6 Å². The van der Waals surface area contributed by atoms with Gasteiger partial charge >= 0.3 is 17.9 Å². The minimum Gasteiger partial charge on any atom is -0.465 e. The predicted molar refractivity (Wildman–Crippen MR) is 337 cm³/mol. The van der Waals surface area contributed by atoms with E-state index in [9.17, 15) is 9.59 Å². The number of carbonyl (C=O) groups is 5. The lowest BCUT2D eigenvalue weighted by molar-refractivity contribution is -0.321. The number of Topliss-reactive ketones (excluding diaryl/α,β-unsaturated/α-hetero) is 1. The lowest BCUT2D eigenvalue weighted by Crippen LogP contribution is -2.67. The van der Waals surface area contributed by atoms with Crippen molar-refractivity contribution in [1.82, 2.24) is 15.3 Å². The van der Waals surface area contributed by atoms with Gasteiger partial charge in [0.05, 0.1) is 48.7 Å². The molecule has 82 heavy (non-hydrogen) atoms. The molecule has 0 aromatic heterocycles. The van der Waals surface area contributed by atoms with Crippen LogP contribution >= 0.6 is 0 Å². The Kier molecular flexibility index (Phi) is 38.7. The van der Waals surface area contributed by atoms with Gasteiger partial charge < -0.3 is 24.4 Å². The number of unbranched alkanes of at least 4 members (excludes halogenated alkanes) is 16. The molecule has 1 saturated heterocycles. The number of nitrogens with one attached hydrogen (secondary N) is 1. The minimum atomic E-state index is -1.54. The number of hydrogen-bond acceptors (Lipinski definition) is 11. The first-order valence-electron chi connectivity index (χ1n) is 33.8. The van der Waals surface area contributed by atoms with Crippen LogP contribution in [-0.2, 0) is 43.0 Å². The number of carbonyl (C=O) groups excluding carboxylic acids is 5. The molecule has 9 atom stereocenters. The molecule has 1 heterocycles. The highest BCUT2D eigenvalue weighted by Crippen LogP contribution is 2.46. The number of amides is 1. The zero-order valence-electron chi connectivity index (χ0n) is 55.1. The summed E-state index contributed by atoms with van der Waals surface area (Å²) in [5.41, 5.74) is -2.37. The average molecular weight is 1150 g/mol. The minimum absolute atomic E-state index is 0.0236. The van der Waals surface area contributed by atoms with E-state index < -0.39 is 52.3 Å². The fourth-order valence-corrected chi connectivity index (χ4v) is 12.3. The quantitative estimate of drug-likeness (QED) is 0.0379. The lowest BCUT2D eigenvalue weighted by atomic mass is 9.74. The fourth-order valence-electron chi connectivity index (χ4n) is 12.3. The van der Waals surface area contributed by atoms with Gasteiger partial charge in [-0.05, 0) is 129 Å². The molecule has 2 rings (SSSR count). The molecule has 0 spiro atoms. The first kappa shape index (κ1) is 74.7. The number of hydroxylamine groups is 2. The molecule has 0 radical (unpaired) electrons. The van der Waals surface area contributed by atoms with Crippen molar-refractivity contribution in [2.75, 3.05) is 47.0 Å². The van der Waals surface area contributed by atoms with Gasteiger partial charge in [-0.1, -0.05) is 214 Å². The Balaban J connectivity index is 2.71. The van der Waals surface area contributed by atoms with E-state index in [-0.39, 0.29) is 69.1 Å². The summed E-state index contributed by atoms with van der Waals surface area (Å²) in [7, 11) is 4.00. The van der Waals surface area contributed by atoms with Crippen LogP contribution in [0.2, 0.25) is 0 Å². The summed E-state index contributed by atoms with van der Waals surface area (Å²) in [5, 5.41) is 5.03. The maximum Gasteiger partial charge on any atom is 0.309 e. The van der Waals surface area contributed by atoms with E-state index in [0.29, 0.717) is 51.0 Å². The third-order valence-electron chi connectivity index (χ3n) is 18.4. The average Bonchev–Trinajstić information content (AvgIpc) is 3.40. The van der Waals surface area contributed by atoms with E-state index in [1.165, 1.54) is 89.9 Å². The molecule has 0 aliphatic carbocycles. The lowest BCUT2D eigenvalue weighted by Gasteiger charge is -2.52. The molecule has 1 N–H and O–H groups in total. The summed E-state index contributed by atoms with van der Waals surface area (Å²) < 4.78 is 18.6. The maximum atomic E-state index is 15.5. The van der Waals surface area contributed by atoms with Crippen LogP contribution < -0.4 is 5.32 Å². The third-order valence-corrected chi connectivity index (χ3v) is 18.4. The number of rotatable bonds is 48. The monoisotopic (exact) mass is 1150 g/mol. The molecule has 0 bridgehead atoms. The van der Waals surface area contributed by atoms with Crippen molar-refractivity contribution in [2.24, 2.45) is 29.6 Å². The van der Waals surface area contributed by atoms with Gasteiger partial charge in [-0.25, -0.2) is 0 Å². The zero-order chi connectivity index (χ0) is 60.8. The van der Waals surface area contributed by atoms with E-state index in [4.69, 9.17) is 19.0 Å². The van der Waals surface area contributed by atoms with Crippen LogP contribution in [0.3, 0.4) is 0 Å². The number of benzene rings is 1. The van der Waals surface area contributed by atoms with E-state index >= 15 is 14.4 Å². The topological polar surface area (TPSA) is 141 Å². The Morgan fingerprint density at radius 1 is 0.634 bits per heavy atom. The Bertz CT molecular complexity index is 1880. The van der Waals surface area contributed by atoms with Gasteiger partial charge in [-0.2, -0.15) is 5.06 Å². The Hall–Kier alpha value is -3.35. The van der Waals surface area contributed by atoms with Crippen molar-refractivity contribution in [3.8, 4) is 0 Å². The van der Waals surface area contributed by atoms with Crippen molar-refractivity contribution < 1.29 is 43.0 Å². The van der Waals surface area contributed by atoms with Crippen molar-refractivity contribution in [2.45, 2.75) is 304 Å². The highest BCUT2D eigenvalue weighted by atomic mass is 16.7. The van der Waals surface area contributed by atoms with E-state index in [2.05, 4.69) is 57.0 Å². The van der Waals surface area contributed by atoms with Gasteiger partial charge in [-0.15, -0.1) is 0 Å². The molecule has 1 aliphatic rings. The Morgan fingerprint density at radius 2 is 1.12 bits per heavy atom. The van der Waals surface area contributed by atoms with E-state index in [0.717, 1.165) is 63.5 Å². The summed E-state index contributed by atoms with van der Waals surface area (Å²) in [6.07, 6.45) is 29.4. The second-order valence-electron chi connectivity index (χ2n) is 26.0. The van der Waals surface area contributed by atoms with E-state index in [1.54, 1.807) is 5.06 Å². The molecule has 1 fully saturated rings. The SMILES string of the molecule is CCCCCCCCCCCCCCCCOC(=O)C(CC(CC(C)c1ccccc1)C(=O)OCCCC)CC(CC(C)(C(=O)NCCCN(C)C)N1OC(C)(CC)CC(=O)C(C)C1(C)CC)C(=O)OCCCCC(CCC)CCCC. The molecule has 0 saturated carbocycles. The smallest absolute Gasteiger partial charge is 0.309 e. The normalized spacial score (nSPS) is 20.3. The highest BCUT2D eigenvalue weighted by molar-refractivity contribution is 5.88. The van der Waals surface area contributed by atoms with Crippen LogP contribution in [0.25, 0.3) is 0 Å². The van der Waals surface area contributed by atoms with Crippen molar-refractivity contribution in [3.63, 3.8) is 0 Å². The van der Waals surface area contributed by atoms with Crippen LogP contribution in [-0.4, -0.2) is 103 Å². The molecule has 1 aliphatic heterocycles. The number of nitrogens with zero attached hydrogens (tertiary/aromatic N) is 2. The zero-order valence-corrected chi connectivity index (χ0v) is 55.1. The Morgan fingerprint density at radius 3 is 1.65 bits per heavy atom. The van der Waals surface area contributed by atoms with Crippen LogP contribution in [0.4, 0.5) is 0 Å². The van der Waals surface area contributed by atoms with Crippen molar-refractivity contribution in [1.29, 1.82) is 0 Å². The maximum absolute atomic E-state index is 15.5. The number of ketones is 1. The summed E-state index contributed by atoms with van der Waals surface area (Å²) in [6, 6.07) is 10.1. The molecule has 1 aromatic rings. The van der Waals surface area contributed by atoms with Crippen LogP contribution in [0.15, 0.2) is 30.3 Å². The predicted octanol–water partition coefficient (Wildman–Crippen LogP) is 16.9. The summed E-state index contributed by atoms with van der Waals surface area (Å²) in [4.78, 5) is 83.7. The summed E-state index contributed by atoms with van der Waals surface area (Å²) in [6.45, 7) is 24.4. The van der Waals surface area contributed by atoms with Crippen molar-refractivity contribution in [3.05, 3.63) is 35.9 Å². The van der Waals surface area contributed by atoms with Gasteiger partial charge in [-0.3, -0.25) is 28.8 Å². The van der Waals surface area contributed by atoms with Gasteiger partial charge in [0, 0.05) is 18.9 Å². The first-order valence-corrected chi connectivity index (χ1v) is 33.8. The van der Waals surface area contributed by atoms with Gasteiger partial charge in [0.2, 0.25) is 5.91 Å². The van der Waals surface area contributed by atoms with Gasteiger partial charge in [0.15, 0.2) is 0 Å². The molecule has 474 valence electrons. The summed E-state index contributed by atoms with van der Waals surface area (Å²) in [5.74, 6) is -4.13. The van der Waals surface area contributed by atoms with Crippen LogP contribution in [0, 0.1) is 29.6 Å². The number of ether oxygens (including phenoxy) is 3. The molecular weight excluding hydrogens is 1030 g/mol. The number of esters is 3. The standard InChI is InChI=1S/C70H125N3O9/c1-14-20-23-24-25-26-27-28-29-30-31-32-33-38-49-80-65(76)61(52-60(64(75)79-48-22-16-3)51-56(7)59-44-35-34-36-45-59)53-62(66(77)81-50-39-37-43-58(41-17-4)42-21-15-2)54-70(11,67(78)71-46-40-47-72(12)13)73-69(10,19-6)57(8)63(74)55-68(9,18-5)82-73/h34-36,44-45,56-58,60-62H,14-33,37-43,46-55H2,1-13H3,(H,71,78). The largest absolute Gasteiger partial charge is 0.465 e. The van der Waals surface area contributed by atoms with Crippen LogP contribution in [0.5, 0.6) is 0 Å². The second-order valence-corrected chi connectivity index (χ2v) is 26.0. The van der Waals surface area contributed by atoms with Gasteiger partial charge in [0.1, 0.15) is 11.3 Å². The second kappa shape index (κ2) is 42.5. The van der Waals surface area contributed by atoms with Crippen LogP contribution in [0.1, 0.15) is 293 Å². The molecule has 1 aromatic carbocycles. The summed E-state index contributed by atoms with van der Waals surface area (Å²) >= 11 is 0. The first-order chi connectivity index (χ1) is 39.3. The molecule has 9 unspecified atom stereocenters. The third kappa shape index (κ3) is 27.8. The van der Waals surface area contributed by atoms with E-state index in [1.807, 2.05) is 73.8 Å².